The van der Waals surface area contributed by atoms with Gasteiger partial charge in [-0.25, -0.2) is 0 Å². The first-order chi connectivity index (χ1) is 9.76. The molecule has 4 nitrogen and oxygen atoms in total. The summed E-state index contributed by atoms with van der Waals surface area (Å²) in [5, 5.41) is 4.56. The number of benzene rings is 1. The number of pyridine rings is 1. The van der Waals surface area contributed by atoms with Crippen LogP contribution in [-0.2, 0) is 13.1 Å². The molecule has 0 aliphatic carbocycles. The van der Waals surface area contributed by atoms with Crippen molar-refractivity contribution in [2.45, 2.75) is 20.0 Å². The molecule has 0 unspecified atom stereocenters. The van der Waals surface area contributed by atoms with E-state index in [0.717, 1.165) is 17.7 Å². The number of hydrogen-bond donors (Lipinski definition) is 2. The number of rotatable bonds is 4. The van der Waals surface area contributed by atoms with Crippen molar-refractivity contribution in [1.82, 2.24) is 9.55 Å². The van der Waals surface area contributed by atoms with E-state index in [1.165, 1.54) is 10.9 Å². The zero-order valence-electron chi connectivity index (χ0n) is 11.4. The molecule has 2 heterocycles. The minimum atomic E-state index is 0.0332. The van der Waals surface area contributed by atoms with E-state index in [2.05, 4.69) is 34.6 Å². The molecule has 0 atom stereocenters. The highest BCUT2D eigenvalue weighted by Crippen LogP contribution is 2.15. The van der Waals surface area contributed by atoms with Gasteiger partial charge in [0.05, 0.1) is 5.69 Å². The predicted octanol–water partition coefficient (Wildman–Crippen LogP) is 2.96. The Morgan fingerprint density at radius 1 is 1.20 bits per heavy atom. The van der Waals surface area contributed by atoms with E-state index in [1.54, 1.807) is 10.6 Å². The van der Waals surface area contributed by atoms with E-state index in [0.29, 0.717) is 6.54 Å². The van der Waals surface area contributed by atoms with Crippen molar-refractivity contribution < 1.29 is 0 Å². The zero-order chi connectivity index (χ0) is 13.9. The third-order valence-electron chi connectivity index (χ3n) is 3.44. The summed E-state index contributed by atoms with van der Waals surface area (Å²) >= 11 is 0. The molecule has 4 heteroatoms. The molecule has 0 radical (unpaired) electrons. The van der Waals surface area contributed by atoms with Crippen LogP contribution in [0.5, 0.6) is 0 Å². The fraction of sp³-hybridized carbons (Fsp3) is 0.188. The summed E-state index contributed by atoms with van der Waals surface area (Å²) in [7, 11) is 0. The van der Waals surface area contributed by atoms with Crippen molar-refractivity contribution in [3.63, 3.8) is 0 Å². The molecule has 0 aliphatic heterocycles. The maximum atomic E-state index is 11.5. The van der Waals surface area contributed by atoms with Gasteiger partial charge in [-0.2, -0.15) is 0 Å². The Kier molecular flexibility index (Phi) is 3.29. The van der Waals surface area contributed by atoms with Crippen molar-refractivity contribution in [3.8, 4) is 0 Å². The van der Waals surface area contributed by atoms with E-state index in [4.69, 9.17) is 0 Å². The van der Waals surface area contributed by atoms with E-state index in [9.17, 15) is 4.79 Å². The fourth-order valence-electron chi connectivity index (χ4n) is 2.29. The summed E-state index contributed by atoms with van der Waals surface area (Å²) in [5.41, 5.74) is 3.33. The van der Waals surface area contributed by atoms with Gasteiger partial charge in [0.25, 0.3) is 5.56 Å². The average Bonchev–Trinajstić information content (AvgIpc) is 2.94. The van der Waals surface area contributed by atoms with E-state index < -0.39 is 0 Å². The van der Waals surface area contributed by atoms with Crippen LogP contribution in [0, 0.1) is 0 Å². The van der Waals surface area contributed by atoms with Crippen molar-refractivity contribution in [1.29, 1.82) is 0 Å². The van der Waals surface area contributed by atoms with Gasteiger partial charge in [0.1, 0.15) is 0 Å². The van der Waals surface area contributed by atoms with Crippen molar-refractivity contribution in [2.24, 2.45) is 0 Å². The topological polar surface area (TPSA) is 49.8 Å². The molecule has 0 aliphatic rings. The van der Waals surface area contributed by atoms with Crippen molar-refractivity contribution in [3.05, 3.63) is 64.7 Å². The minimum absolute atomic E-state index is 0.0332. The second kappa shape index (κ2) is 5.25. The molecule has 0 spiro atoms. The zero-order valence-corrected chi connectivity index (χ0v) is 11.4. The fourth-order valence-corrected chi connectivity index (χ4v) is 2.29. The van der Waals surface area contributed by atoms with Crippen LogP contribution in [0.25, 0.3) is 10.9 Å². The molecular formula is C16H17N3O. The quantitative estimate of drug-likeness (QED) is 0.763. The van der Waals surface area contributed by atoms with Crippen LogP contribution >= 0.6 is 0 Å². The lowest BCUT2D eigenvalue weighted by Gasteiger charge is -2.09. The molecule has 0 fully saturated rings. The Bertz CT molecular complexity index is 786. The summed E-state index contributed by atoms with van der Waals surface area (Å²) in [6.45, 7) is 3.38. The number of fused-ring (bicyclic) bond motifs is 1. The highest BCUT2D eigenvalue weighted by molar-refractivity contribution is 5.79. The highest BCUT2D eigenvalue weighted by atomic mass is 16.1. The Labute approximate surface area is 117 Å². The normalized spacial score (nSPS) is 10.8. The number of aryl methyl sites for hydroxylation is 1. The Hall–Kier alpha value is -2.49. The first kappa shape index (κ1) is 12.5. The number of nitrogens with one attached hydrogen (secondary N) is 2. The molecule has 102 valence electrons. The number of hydrogen-bond acceptors (Lipinski definition) is 2. The molecule has 1 aromatic carbocycles. The summed E-state index contributed by atoms with van der Waals surface area (Å²) < 4.78 is 1.69. The predicted molar refractivity (Wildman–Crippen MR) is 82.0 cm³/mol. The van der Waals surface area contributed by atoms with Gasteiger partial charge in [0.2, 0.25) is 0 Å². The molecule has 0 saturated heterocycles. The lowest BCUT2D eigenvalue weighted by molar-refractivity contribution is 0.727. The van der Waals surface area contributed by atoms with Gasteiger partial charge in [-0.15, -0.1) is 0 Å². The molecule has 0 bridgehead atoms. The van der Waals surface area contributed by atoms with E-state index >= 15 is 0 Å². The van der Waals surface area contributed by atoms with Gasteiger partial charge >= 0.3 is 0 Å². The number of nitrogens with zero attached hydrogens (tertiary/aromatic N) is 1. The molecule has 2 aromatic heterocycles. The van der Waals surface area contributed by atoms with Crippen LogP contribution < -0.4 is 10.9 Å². The van der Waals surface area contributed by atoms with Gasteiger partial charge in [0, 0.05) is 37.1 Å². The Morgan fingerprint density at radius 3 is 2.95 bits per heavy atom. The maximum Gasteiger partial charge on any atom is 0.250 e. The van der Waals surface area contributed by atoms with Gasteiger partial charge in [-0.3, -0.25) is 4.79 Å². The molecule has 3 aromatic rings. The van der Waals surface area contributed by atoms with Crippen LogP contribution in [0.1, 0.15) is 12.5 Å². The highest BCUT2D eigenvalue weighted by Gasteiger charge is 1.99. The maximum absolute atomic E-state index is 11.5. The lowest BCUT2D eigenvalue weighted by Crippen LogP contribution is -2.17. The van der Waals surface area contributed by atoms with Crippen LogP contribution in [0.2, 0.25) is 0 Å². The third-order valence-corrected chi connectivity index (χ3v) is 3.44. The first-order valence-electron chi connectivity index (χ1n) is 6.76. The Morgan fingerprint density at radius 2 is 2.10 bits per heavy atom. The largest absolute Gasteiger partial charge is 0.380 e. The number of H-pyrrole nitrogens is 1. The van der Waals surface area contributed by atoms with Crippen LogP contribution in [0.4, 0.5) is 5.69 Å². The minimum Gasteiger partial charge on any atom is -0.380 e. The molecule has 0 amide bonds. The summed E-state index contributed by atoms with van der Waals surface area (Å²) in [5.74, 6) is 0. The average molecular weight is 267 g/mol. The third kappa shape index (κ3) is 2.45. The van der Waals surface area contributed by atoms with Crippen molar-refractivity contribution >= 4 is 16.6 Å². The SMILES string of the molecule is CCn1cc(NCc2ccc3cc[nH]c3c2)ccc1=O. The van der Waals surface area contributed by atoms with Crippen LogP contribution in [0.15, 0.2) is 53.6 Å². The standard InChI is InChI=1S/C16H17N3O/c1-2-19-11-14(5-6-16(19)20)18-10-12-3-4-13-7-8-17-15(13)9-12/h3-9,11,17-18H,2,10H2,1H3. The van der Waals surface area contributed by atoms with Crippen LogP contribution in [0.3, 0.4) is 0 Å². The number of aromatic nitrogens is 2. The lowest BCUT2D eigenvalue weighted by atomic mass is 10.1. The molecule has 20 heavy (non-hydrogen) atoms. The van der Waals surface area contributed by atoms with Gasteiger partial charge in [-0.05, 0) is 36.1 Å². The van der Waals surface area contributed by atoms with E-state index in [-0.39, 0.29) is 5.56 Å². The first-order valence-corrected chi connectivity index (χ1v) is 6.76. The summed E-state index contributed by atoms with van der Waals surface area (Å²) in [4.78, 5) is 14.7. The summed E-state index contributed by atoms with van der Waals surface area (Å²) in [6, 6.07) is 11.8. The van der Waals surface area contributed by atoms with Gasteiger partial charge in [-0.1, -0.05) is 12.1 Å². The number of anilines is 1. The van der Waals surface area contributed by atoms with E-state index in [1.807, 2.05) is 25.4 Å². The van der Waals surface area contributed by atoms with Crippen molar-refractivity contribution in [2.75, 3.05) is 5.32 Å². The molecule has 0 saturated carbocycles. The molecular weight excluding hydrogens is 250 g/mol. The van der Waals surface area contributed by atoms with Crippen LogP contribution in [-0.4, -0.2) is 9.55 Å². The second-order valence-electron chi connectivity index (χ2n) is 4.79. The summed E-state index contributed by atoms with van der Waals surface area (Å²) in [6.07, 6.45) is 3.80. The molecule has 3 rings (SSSR count). The van der Waals surface area contributed by atoms with Gasteiger partial charge in [0.15, 0.2) is 0 Å². The Balaban J connectivity index is 1.76. The molecule has 2 N–H and O–H groups in total. The smallest absolute Gasteiger partial charge is 0.250 e. The monoisotopic (exact) mass is 267 g/mol. The number of aromatic amines is 1. The van der Waals surface area contributed by atoms with Gasteiger partial charge < -0.3 is 14.9 Å². The second-order valence-corrected chi connectivity index (χ2v) is 4.79.